The maximum Gasteiger partial charge on any atom is 0.331 e. The van der Waals surface area contributed by atoms with Crippen LogP contribution in [-0.2, 0) is 19.1 Å². The Hall–Kier alpha value is -2.14. The lowest BCUT2D eigenvalue weighted by atomic mass is 9.87. The fourth-order valence-electron chi connectivity index (χ4n) is 3.90. The Morgan fingerprint density at radius 2 is 1.96 bits per heavy atom. The standard InChI is InChI=1S/C19H23NO4/c1-20-14-9-10-15(20)18(19(22)23-2)16(12-14)24-17(21)11-8-13-6-4-3-5-7-13/h3-8,11,14-16,18H,9-10,12H2,1-2H3/b11-8+/t14-,15-,16+,18-/m1/s1. The molecule has 5 nitrogen and oxygen atoms in total. The number of hydrogen-bond acceptors (Lipinski definition) is 5. The molecule has 2 heterocycles. The number of rotatable bonds is 4. The third kappa shape index (κ3) is 3.36. The minimum absolute atomic E-state index is 0.0899. The van der Waals surface area contributed by atoms with E-state index in [4.69, 9.17) is 9.47 Å². The van der Waals surface area contributed by atoms with Crippen LogP contribution < -0.4 is 0 Å². The van der Waals surface area contributed by atoms with Crippen molar-refractivity contribution in [3.8, 4) is 0 Å². The Balaban J connectivity index is 1.69. The van der Waals surface area contributed by atoms with Crippen molar-refractivity contribution < 1.29 is 19.1 Å². The molecule has 2 aliphatic rings. The van der Waals surface area contributed by atoms with Gasteiger partial charge in [0, 0.05) is 24.6 Å². The van der Waals surface area contributed by atoms with Gasteiger partial charge in [0.2, 0.25) is 0 Å². The summed E-state index contributed by atoms with van der Waals surface area (Å²) in [4.78, 5) is 26.6. The van der Waals surface area contributed by atoms with Crippen molar-refractivity contribution in [3.05, 3.63) is 42.0 Å². The second-order valence-electron chi connectivity index (χ2n) is 6.47. The van der Waals surface area contributed by atoms with E-state index < -0.39 is 18.0 Å². The topological polar surface area (TPSA) is 55.8 Å². The van der Waals surface area contributed by atoms with Gasteiger partial charge in [-0.25, -0.2) is 4.79 Å². The van der Waals surface area contributed by atoms with E-state index in [1.807, 2.05) is 37.4 Å². The molecule has 5 heteroatoms. The fraction of sp³-hybridized carbons (Fsp3) is 0.474. The SMILES string of the molecule is COC(=O)[C@H]1[C@@H](OC(=O)/C=C/c2ccccc2)C[C@H]2CC[C@H]1N2C. The summed E-state index contributed by atoms with van der Waals surface area (Å²) in [6.07, 6.45) is 5.37. The lowest BCUT2D eigenvalue weighted by Gasteiger charge is -2.40. The second kappa shape index (κ2) is 7.18. The average molecular weight is 329 g/mol. The Labute approximate surface area is 142 Å². The minimum atomic E-state index is -0.418. The molecule has 2 aliphatic heterocycles. The van der Waals surface area contributed by atoms with Crippen LogP contribution in [-0.4, -0.2) is 49.2 Å². The van der Waals surface area contributed by atoms with Crippen LogP contribution in [0.2, 0.25) is 0 Å². The predicted octanol–water partition coefficient (Wildman–Crippen LogP) is 2.27. The summed E-state index contributed by atoms with van der Waals surface area (Å²) in [6, 6.07) is 10.0. The molecular formula is C19H23NO4. The first-order valence-electron chi connectivity index (χ1n) is 8.33. The molecule has 0 spiro atoms. The molecule has 2 fully saturated rings. The zero-order valence-electron chi connectivity index (χ0n) is 14.1. The smallest absolute Gasteiger partial charge is 0.331 e. The number of esters is 2. The number of nitrogens with zero attached hydrogens (tertiary/aromatic N) is 1. The molecule has 1 aromatic carbocycles. The van der Waals surface area contributed by atoms with Crippen molar-refractivity contribution in [2.24, 2.45) is 5.92 Å². The molecule has 1 aromatic rings. The molecule has 3 rings (SSSR count). The first-order valence-corrected chi connectivity index (χ1v) is 8.33. The van der Waals surface area contributed by atoms with E-state index in [2.05, 4.69) is 4.90 Å². The summed E-state index contributed by atoms with van der Waals surface area (Å²) >= 11 is 0. The molecule has 0 aromatic heterocycles. The molecule has 0 saturated carbocycles. The van der Waals surface area contributed by atoms with Gasteiger partial charge in [0.1, 0.15) is 12.0 Å². The monoisotopic (exact) mass is 329 g/mol. The van der Waals surface area contributed by atoms with Crippen molar-refractivity contribution in [1.82, 2.24) is 4.90 Å². The van der Waals surface area contributed by atoms with Crippen molar-refractivity contribution in [3.63, 3.8) is 0 Å². The molecule has 2 saturated heterocycles. The van der Waals surface area contributed by atoms with E-state index in [0.29, 0.717) is 12.5 Å². The number of fused-ring (bicyclic) bond motifs is 2. The van der Waals surface area contributed by atoms with Crippen LogP contribution in [0.3, 0.4) is 0 Å². The van der Waals surface area contributed by atoms with Gasteiger partial charge in [-0.1, -0.05) is 30.3 Å². The summed E-state index contributed by atoms with van der Waals surface area (Å²) < 4.78 is 10.6. The number of benzene rings is 1. The Bertz CT molecular complexity index is 628. The average Bonchev–Trinajstić information content (AvgIpc) is 2.83. The van der Waals surface area contributed by atoms with Gasteiger partial charge in [-0.05, 0) is 31.5 Å². The quantitative estimate of drug-likeness (QED) is 0.626. The van der Waals surface area contributed by atoms with Gasteiger partial charge < -0.3 is 9.47 Å². The maximum absolute atomic E-state index is 12.2. The van der Waals surface area contributed by atoms with Crippen LogP contribution in [0.25, 0.3) is 6.08 Å². The molecule has 0 unspecified atom stereocenters. The molecule has 0 amide bonds. The number of carbonyl (C=O) groups is 2. The van der Waals surface area contributed by atoms with Gasteiger partial charge in [-0.2, -0.15) is 0 Å². The van der Waals surface area contributed by atoms with Gasteiger partial charge in [-0.15, -0.1) is 0 Å². The number of hydrogen-bond donors (Lipinski definition) is 0. The lowest BCUT2D eigenvalue weighted by molar-refractivity contribution is -0.165. The zero-order valence-corrected chi connectivity index (χ0v) is 14.1. The molecule has 24 heavy (non-hydrogen) atoms. The minimum Gasteiger partial charge on any atom is -0.469 e. The zero-order chi connectivity index (χ0) is 17.1. The van der Waals surface area contributed by atoms with Crippen LogP contribution in [0.15, 0.2) is 36.4 Å². The van der Waals surface area contributed by atoms with E-state index in [1.165, 1.54) is 13.2 Å². The van der Waals surface area contributed by atoms with Gasteiger partial charge in [-0.3, -0.25) is 9.69 Å². The van der Waals surface area contributed by atoms with Gasteiger partial charge >= 0.3 is 11.9 Å². The molecule has 0 aliphatic carbocycles. The van der Waals surface area contributed by atoms with Crippen LogP contribution in [0.1, 0.15) is 24.8 Å². The first kappa shape index (κ1) is 16.7. The normalized spacial score (nSPS) is 29.6. The maximum atomic E-state index is 12.2. The van der Waals surface area contributed by atoms with E-state index in [9.17, 15) is 9.59 Å². The molecular weight excluding hydrogens is 306 g/mol. The summed E-state index contributed by atoms with van der Waals surface area (Å²) in [6.45, 7) is 0. The Kier molecular flexibility index (Phi) is 5.00. The van der Waals surface area contributed by atoms with Crippen molar-refractivity contribution in [1.29, 1.82) is 0 Å². The third-order valence-electron chi connectivity index (χ3n) is 5.17. The summed E-state index contributed by atoms with van der Waals surface area (Å²) in [5, 5.41) is 0. The molecule has 0 radical (unpaired) electrons. The largest absolute Gasteiger partial charge is 0.469 e. The molecule has 128 valence electrons. The van der Waals surface area contributed by atoms with Gasteiger partial charge in [0.15, 0.2) is 0 Å². The van der Waals surface area contributed by atoms with Gasteiger partial charge in [0.05, 0.1) is 7.11 Å². The highest BCUT2D eigenvalue weighted by molar-refractivity contribution is 5.87. The van der Waals surface area contributed by atoms with Crippen molar-refractivity contribution in [2.45, 2.75) is 37.5 Å². The van der Waals surface area contributed by atoms with Crippen molar-refractivity contribution >= 4 is 18.0 Å². The Morgan fingerprint density at radius 3 is 2.67 bits per heavy atom. The first-order chi connectivity index (χ1) is 11.6. The van der Waals surface area contributed by atoms with Crippen LogP contribution in [0, 0.1) is 5.92 Å². The predicted molar refractivity (Wildman–Crippen MR) is 90.1 cm³/mol. The van der Waals surface area contributed by atoms with Crippen LogP contribution >= 0.6 is 0 Å². The highest BCUT2D eigenvalue weighted by Crippen LogP contribution is 2.40. The molecule has 4 atom stereocenters. The Morgan fingerprint density at radius 1 is 1.21 bits per heavy atom. The van der Waals surface area contributed by atoms with E-state index in [0.717, 1.165) is 18.4 Å². The fourth-order valence-corrected chi connectivity index (χ4v) is 3.90. The van der Waals surface area contributed by atoms with Crippen molar-refractivity contribution in [2.75, 3.05) is 14.2 Å². The molecule has 0 N–H and O–H groups in total. The van der Waals surface area contributed by atoms with Crippen LogP contribution in [0.5, 0.6) is 0 Å². The summed E-state index contributed by atoms with van der Waals surface area (Å²) in [5.74, 6) is -1.12. The third-order valence-corrected chi connectivity index (χ3v) is 5.17. The second-order valence-corrected chi connectivity index (χ2v) is 6.47. The lowest BCUT2D eigenvalue weighted by Crippen LogP contribution is -2.53. The van der Waals surface area contributed by atoms with E-state index >= 15 is 0 Å². The van der Waals surface area contributed by atoms with Crippen LogP contribution in [0.4, 0.5) is 0 Å². The summed E-state index contributed by atoms with van der Waals surface area (Å²) in [5.41, 5.74) is 0.933. The molecule has 2 bridgehead atoms. The number of piperidine rings is 1. The number of methoxy groups -OCH3 is 1. The van der Waals surface area contributed by atoms with E-state index in [-0.39, 0.29) is 12.0 Å². The highest BCUT2D eigenvalue weighted by Gasteiger charge is 2.50. The van der Waals surface area contributed by atoms with E-state index in [1.54, 1.807) is 6.08 Å². The summed E-state index contributed by atoms with van der Waals surface area (Å²) in [7, 11) is 3.42. The number of carbonyl (C=O) groups excluding carboxylic acids is 2. The van der Waals surface area contributed by atoms with Gasteiger partial charge in [0.25, 0.3) is 0 Å². The highest BCUT2D eigenvalue weighted by atomic mass is 16.6. The number of ether oxygens (including phenoxy) is 2.